The minimum absolute atomic E-state index is 0.457. The first-order valence-corrected chi connectivity index (χ1v) is 26.0. The van der Waals surface area contributed by atoms with Gasteiger partial charge in [-0.15, -0.1) is 11.3 Å². The molecule has 0 saturated heterocycles. The lowest BCUT2D eigenvalue weighted by Crippen LogP contribution is -2.28. The van der Waals surface area contributed by atoms with Crippen LogP contribution in [-0.2, 0) is 5.41 Å². The van der Waals surface area contributed by atoms with Crippen LogP contribution in [0.1, 0.15) is 22.3 Å². The molecule has 12 aromatic carbocycles. The number of rotatable bonds is 9. The van der Waals surface area contributed by atoms with E-state index in [1.165, 1.54) is 115 Å². The van der Waals surface area contributed by atoms with Crippen LogP contribution in [0.2, 0.25) is 0 Å². The molecule has 0 unspecified atom stereocenters. The fraction of sp³-hybridized carbons (Fsp3) is 0.0141. The van der Waals surface area contributed by atoms with E-state index in [0.29, 0.717) is 0 Å². The molecule has 0 N–H and O–H groups in total. The second kappa shape index (κ2) is 17.6. The zero-order chi connectivity index (χ0) is 48.3. The highest BCUT2D eigenvalue weighted by molar-refractivity contribution is 7.26. The van der Waals surface area contributed by atoms with E-state index in [4.69, 9.17) is 0 Å². The average molecular weight is 946 g/mol. The predicted octanol–water partition coefficient (Wildman–Crippen LogP) is 19.7. The number of anilines is 3. The number of nitrogens with zero attached hydrogens (tertiary/aromatic N) is 1. The van der Waals surface area contributed by atoms with Crippen molar-refractivity contribution in [3.05, 3.63) is 307 Å². The maximum absolute atomic E-state index is 2.45. The third-order valence-corrected chi connectivity index (χ3v) is 16.4. The fourth-order valence-corrected chi connectivity index (χ4v) is 12.9. The van der Waals surface area contributed by atoms with Crippen molar-refractivity contribution in [1.29, 1.82) is 0 Å². The molecule has 73 heavy (non-hydrogen) atoms. The van der Waals surface area contributed by atoms with Gasteiger partial charge in [-0.05, 0) is 149 Å². The molecule has 1 aliphatic carbocycles. The summed E-state index contributed by atoms with van der Waals surface area (Å²) in [5.41, 5.74) is 20.2. The molecule has 342 valence electrons. The maximum Gasteiger partial charge on any atom is 0.0713 e. The minimum Gasteiger partial charge on any atom is -0.309 e. The van der Waals surface area contributed by atoms with Crippen molar-refractivity contribution in [1.82, 2.24) is 0 Å². The van der Waals surface area contributed by atoms with E-state index in [0.717, 1.165) is 11.4 Å². The number of fused-ring (bicyclic) bond motifs is 7. The lowest BCUT2D eigenvalue weighted by atomic mass is 9.67. The lowest BCUT2D eigenvalue weighted by Gasteiger charge is -2.34. The largest absolute Gasteiger partial charge is 0.309 e. The molecule has 0 atom stereocenters. The van der Waals surface area contributed by atoms with Crippen molar-refractivity contribution in [2.45, 2.75) is 5.41 Å². The molecule has 14 rings (SSSR count). The molecule has 0 radical (unpaired) electrons. The monoisotopic (exact) mass is 945 g/mol. The van der Waals surface area contributed by atoms with Crippen LogP contribution in [0.3, 0.4) is 0 Å². The third-order valence-electron chi connectivity index (χ3n) is 15.1. The summed E-state index contributed by atoms with van der Waals surface area (Å²) in [5.74, 6) is 0. The van der Waals surface area contributed by atoms with E-state index in [-0.39, 0.29) is 0 Å². The lowest BCUT2D eigenvalue weighted by molar-refractivity contribution is 0.769. The van der Waals surface area contributed by atoms with E-state index in [1.54, 1.807) is 0 Å². The quantitative estimate of drug-likeness (QED) is 0.139. The minimum atomic E-state index is -0.457. The maximum atomic E-state index is 2.45. The van der Waals surface area contributed by atoms with Crippen LogP contribution in [0.15, 0.2) is 285 Å². The summed E-state index contributed by atoms with van der Waals surface area (Å²) in [4.78, 5) is 2.44. The Morgan fingerprint density at radius 1 is 0.288 bits per heavy atom. The summed E-state index contributed by atoms with van der Waals surface area (Å²) < 4.78 is 2.56. The van der Waals surface area contributed by atoms with Gasteiger partial charge in [0.25, 0.3) is 0 Å². The Morgan fingerprint density at radius 3 is 1.44 bits per heavy atom. The molecule has 13 aromatic rings. The Bertz CT molecular complexity index is 4150. The summed E-state index contributed by atoms with van der Waals surface area (Å²) in [6, 6.07) is 105. The van der Waals surface area contributed by atoms with Crippen molar-refractivity contribution in [3.8, 4) is 55.6 Å². The van der Waals surface area contributed by atoms with Crippen LogP contribution in [0, 0.1) is 0 Å². The van der Waals surface area contributed by atoms with Gasteiger partial charge in [-0.25, -0.2) is 0 Å². The van der Waals surface area contributed by atoms with Crippen LogP contribution in [0.25, 0.3) is 86.6 Å². The van der Waals surface area contributed by atoms with E-state index < -0.39 is 5.41 Å². The van der Waals surface area contributed by atoms with Gasteiger partial charge in [0, 0.05) is 26.8 Å². The van der Waals surface area contributed by atoms with Gasteiger partial charge in [-0.1, -0.05) is 224 Å². The van der Waals surface area contributed by atoms with Crippen LogP contribution in [-0.4, -0.2) is 0 Å². The summed E-state index contributed by atoms with van der Waals surface area (Å²) >= 11 is 1.87. The zero-order valence-electron chi connectivity index (χ0n) is 40.0. The van der Waals surface area contributed by atoms with Crippen LogP contribution in [0.5, 0.6) is 0 Å². The normalized spacial score (nSPS) is 12.5. The topological polar surface area (TPSA) is 3.24 Å². The van der Waals surface area contributed by atoms with Gasteiger partial charge in [0.15, 0.2) is 0 Å². The summed E-state index contributed by atoms with van der Waals surface area (Å²) in [6.45, 7) is 0. The molecule has 1 nitrogen and oxygen atoms in total. The molecule has 0 saturated carbocycles. The number of thiophene rings is 1. The van der Waals surface area contributed by atoms with Crippen LogP contribution in [0.4, 0.5) is 17.1 Å². The Morgan fingerprint density at radius 2 is 0.767 bits per heavy atom. The second-order valence-corrected chi connectivity index (χ2v) is 20.2. The van der Waals surface area contributed by atoms with Gasteiger partial charge in [-0.3, -0.25) is 0 Å². The Balaban J connectivity index is 0.842. The first-order chi connectivity index (χ1) is 36.2. The zero-order valence-corrected chi connectivity index (χ0v) is 40.8. The van der Waals surface area contributed by atoms with E-state index in [9.17, 15) is 0 Å². The van der Waals surface area contributed by atoms with Gasteiger partial charge in [0.2, 0.25) is 0 Å². The summed E-state index contributed by atoms with van der Waals surface area (Å²) in [7, 11) is 0. The molecule has 0 spiro atoms. The fourth-order valence-electron chi connectivity index (χ4n) is 11.7. The molecule has 0 aliphatic heterocycles. The molecule has 0 amide bonds. The highest BCUT2D eigenvalue weighted by Gasteiger charge is 2.46. The highest BCUT2D eigenvalue weighted by Crippen LogP contribution is 2.57. The summed E-state index contributed by atoms with van der Waals surface area (Å²) in [6.07, 6.45) is 0. The third kappa shape index (κ3) is 7.21. The van der Waals surface area contributed by atoms with Crippen LogP contribution >= 0.6 is 11.3 Å². The smallest absolute Gasteiger partial charge is 0.0713 e. The van der Waals surface area contributed by atoms with Crippen molar-refractivity contribution in [2.75, 3.05) is 4.90 Å². The Hall–Kier alpha value is -9.08. The molecule has 1 heterocycles. The first-order valence-electron chi connectivity index (χ1n) is 25.1. The van der Waals surface area contributed by atoms with Gasteiger partial charge >= 0.3 is 0 Å². The second-order valence-electron chi connectivity index (χ2n) is 19.2. The molecular weight excluding hydrogens is 899 g/mol. The Labute approximate surface area is 430 Å². The van der Waals surface area contributed by atoms with Crippen molar-refractivity contribution in [3.63, 3.8) is 0 Å². The summed E-state index contributed by atoms with van der Waals surface area (Å²) in [5, 5.41) is 5.08. The number of benzene rings is 12. The van der Waals surface area contributed by atoms with Crippen molar-refractivity contribution in [2.24, 2.45) is 0 Å². The van der Waals surface area contributed by atoms with Gasteiger partial charge in [0.1, 0.15) is 0 Å². The number of hydrogen-bond acceptors (Lipinski definition) is 2. The molecule has 0 bridgehead atoms. The number of hydrogen-bond donors (Lipinski definition) is 0. The predicted molar refractivity (Wildman–Crippen MR) is 311 cm³/mol. The van der Waals surface area contributed by atoms with Crippen LogP contribution < -0.4 is 4.90 Å². The molecule has 1 aromatic heterocycles. The van der Waals surface area contributed by atoms with Gasteiger partial charge in [-0.2, -0.15) is 0 Å². The molecule has 2 heteroatoms. The SMILES string of the molecule is c1ccc(C2(c3ccccc3)c3ccccc3-c3ccc(-c4ccc(N(c5ccc(-c6cccc(-c7cccc(-c8ccc9ccccc9c8)c7)c6)cc5)c5cccc6c5sc5ccccc56)cc4)cc32)cc1. The molecular formula is C71H47NS. The van der Waals surface area contributed by atoms with Gasteiger partial charge < -0.3 is 4.90 Å². The average Bonchev–Trinajstić information content (AvgIpc) is 4.04. The molecule has 0 fully saturated rings. The van der Waals surface area contributed by atoms with E-state index in [1.807, 2.05) is 11.3 Å². The molecule has 1 aliphatic rings. The standard InChI is InChI=1S/C71H47NS/c1-3-22-58(23-4-1)71(59-24-5-2-6-25-59)66-29-11-9-26-62(66)63-43-38-57(47-67(63)71)50-36-41-61(42-37-50)72(68-30-15-28-65-64-27-10-12-31-69(64)73-70(65)68)60-39-34-49(35-40-60)52-18-13-19-53(44-52)54-20-14-21-55(46-54)56-33-32-48-16-7-8-17-51(48)45-56/h1-47H. The first kappa shape index (κ1) is 42.8. The highest BCUT2D eigenvalue weighted by atomic mass is 32.1. The van der Waals surface area contributed by atoms with Crippen molar-refractivity contribution < 1.29 is 0 Å². The Kier molecular flexibility index (Phi) is 10.3. The van der Waals surface area contributed by atoms with E-state index in [2.05, 4.69) is 290 Å². The van der Waals surface area contributed by atoms with Gasteiger partial charge in [0.05, 0.1) is 15.8 Å². The van der Waals surface area contributed by atoms with E-state index >= 15 is 0 Å². The van der Waals surface area contributed by atoms with Crippen molar-refractivity contribution >= 4 is 59.3 Å².